The first-order valence-electron chi connectivity index (χ1n) is 10.7. The van der Waals surface area contributed by atoms with E-state index in [1.54, 1.807) is 0 Å². The molecule has 0 saturated carbocycles. The second kappa shape index (κ2) is 8.94. The zero-order valence-electron chi connectivity index (χ0n) is 19.0. The molecule has 1 aliphatic heterocycles. The summed E-state index contributed by atoms with van der Waals surface area (Å²) in [5.74, 6) is 5.90. The molecule has 3 heterocycles. The van der Waals surface area contributed by atoms with Gasteiger partial charge in [0, 0.05) is 55.2 Å². The van der Waals surface area contributed by atoms with Crippen LogP contribution in [-0.4, -0.2) is 69.3 Å². The van der Waals surface area contributed by atoms with Crippen LogP contribution in [0.1, 0.15) is 16.7 Å². The molecule has 1 fully saturated rings. The summed E-state index contributed by atoms with van der Waals surface area (Å²) in [7, 11) is -1.08. The SMILES string of the molecule is Cc1cc(-c2cnc3[nH]cc(C#CCNS(C)(=O)=O)c3c2)cc(C)c1N1CCN(C)CC1. The number of sulfonamides is 1. The van der Waals surface area contributed by atoms with Gasteiger partial charge in [0.15, 0.2) is 0 Å². The van der Waals surface area contributed by atoms with E-state index in [0.29, 0.717) is 0 Å². The maximum atomic E-state index is 11.2. The maximum absolute atomic E-state index is 11.2. The summed E-state index contributed by atoms with van der Waals surface area (Å²) in [6.07, 6.45) is 4.81. The van der Waals surface area contributed by atoms with Crippen LogP contribution in [0.25, 0.3) is 22.2 Å². The molecule has 7 nitrogen and oxygen atoms in total. The van der Waals surface area contributed by atoms with Gasteiger partial charge < -0.3 is 14.8 Å². The molecule has 0 atom stereocenters. The minimum atomic E-state index is -3.25. The Labute approximate surface area is 189 Å². The minimum absolute atomic E-state index is 0.0742. The van der Waals surface area contributed by atoms with Gasteiger partial charge in [-0.25, -0.2) is 18.1 Å². The number of hydrogen-bond donors (Lipinski definition) is 2. The topological polar surface area (TPSA) is 81.3 Å². The first-order valence-corrected chi connectivity index (χ1v) is 12.6. The monoisotopic (exact) mass is 451 g/mol. The Morgan fingerprint density at radius 1 is 1.09 bits per heavy atom. The third-order valence-electron chi connectivity index (χ3n) is 5.82. The molecule has 0 spiro atoms. The Balaban J connectivity index is 1.63. The molecule has 8 heteroatoms. The molecule has 3 aromatic rings. The molecule has 1 aromatic carbocycles. The summed E-state index contributed by atoms with van der Waals surface area (Å²) in [6, 6.07) is 6.56. The number of aromatic nitrogens is 2. The average Bonchev–Trinajstić information content (AvgIpc) is 3.13. The van der Waals surface area contributed by atoms with E-state index in [1.807, 2.05) is 12.4 Å². The van der Waals surface area contributed by atoms with Gasteiger partial charge in [0.1, 0.15) is 5.65 Å². The molecule has 0 radical (unpaired) electrons. The first kappa shape index (κ1) is 22.3. The normalized spacial score (nSPS) is 15.1. The summed E-state index contributed by atoms with van der Waals surface area (Å²) in [5, 5.41) is 0.924. The Morgan fingerprint density at radius 3 is 2.44 bits per heavy atom. The minimum Gasteiger partial charge on any atom is -0.369 e. The highest BCUT2D eigenvalue weighted by molar-refractivity contribution is 7.88. The third kappa shape index (κ3) is 4.96. The van der Waals surface area contributed by atoms with Gasteiger partial charge in [0.2, 0.25) is 10.0 Å². The highest BCUT2D eigenvalue weighted by atomic mass is 32.2. The molecule has 4 rings (SSSR count). The number of nitrogens with zero attached hydrogens (tertiary/aromatic N) is 3. The highest BCUT2D eigenvalue weighted by Gasteiger charge is 2.18. The van der Waals surface area contributed by atoms with E-state index in [9.17, 15) is 8.42 Å². The molecular formula is C24H29N5O2S. The predicted octanol–water partition coefficient (Wildman–Crippen LogP) is 2.50. The van der Waals surface area contributed by atoms with Crippen LogP contribution >= 0.6 is 0 Å². The van der Waals surface area contributed by atoms with Crippen LogP contribution in [0.2, 0.25) is 0 Å². The van der Waals surface area contributed by atoms with Gasteiger partial charge in [0.25, 0.3) is 0 Å². The van der Waals surface area contributed by atoms with E-state index in [2.05, 4.69) is 75.4 Å². The average molecular weight is 452 g/mol. The number of piperazine rings is 1. The summed E-state index contributed by atoms with van der Waals surface area (Å²) in [6.45, 7) is 8.69. The van der Waals surface area contributed by atoms with Gasteiger partial charge in [-0.05, 0) is 55.8 Å². The predicted molar refractivity (Wildman–Crippen MR) is 130 cm³/mol. The van der Waals surface area contributed by atoms with Crippen molar-refractivity contribution in [1.29, 1.82) is 0 Å². The Kier molecular flexibility index (Phi) is 6.24. The van der Waals surface area contributed by atoms with Gasteiger partial charge in [-0.15, -0.1) is 0 Å². The molecule has 1 aliphatic rings. The van der Waals surface area contributed by atoms with Crippen molar-refractivity contribution < 1.29 is 8.42 Å². The second-order valence-electron chi connectivity index (χ2n) is 8.47. The summed E-state index contributed by atoms with van der Waals surface area (Å²) >= 11 is 0. The van der Waals surface area contributed by atoms with Crippen LogP contribution < -0.4 is 9.62 Å². The largest absolute Gasteiger partial charge is 0.369 e. The van der Waals surface area contributed by atoms with Crippen molar-refractivity contribution in [2.75, 3.05) is 50.9 Å². The summed E-state index contributed by atoms with van der Waals surface area (Å²) in [4.78, 5) is 12.6. The molecule has 168 valence electrons. The van der Waals surface area contributed by atoms with Crippen LogP contribution in [0.15, 0.2) is 30.6 Å². The van der Waals surface area contributed by atoms with Gasteiger partial charge >= 0.3 is 0 Å². The smallest absolute Gasteiger partial charge is 0.209 e. The number of anilines is 1. The second-order valence-corrected chi connectivity index (χ2v) is 10.3. The fraction of sp³-hybridized carbons (Fsp3) is 0.375. The molecule has 0 aliphatic carbocycles. The van der Waals surface area contributed by atoms with Crippen LogP contribution in [0.3, 0.4) is 0 Å². The fourth-order valence-electron chi connectivity index (χ4n) is 4.22. The number of nitrogens with one attached hydrogen (secondary N) is 2. The number of hydrogen-bond acceptors (Lipinski definition) is 5. The molecular weight excluding hydrogens is 422 g/mol. The number of pyridine rings is 1. The van der Waals surface area contributed by atoms with Gasteiger partial charge in [0.05, 0.1) is 18.4 Å². The lowest BCUT2D eigenvalue weighted by atomic mass is 9.98. The van der Waals surface area contributed by atoms with Crippen molar-refractivity contribution in [2.45, 2.75) is 13.8 Å². The van der Waals surface area contributed by atoms with Gasteiger partial charge in [-0.2, -0.15) is 0 Å². The van der Waals surface area contributed by atoms with E-state index in [1.165, 1.54) is 16.8 Å². The summed E-state index contributed by atoms with van der Waals surface area (Å²) < 4.78 is 24.8. The van der Waals surface area contributed by atoms with E-state index in [0.717, 1.165) is 60.2 Å². The van der Waals surface area contributed by atoms with E-state index >= 15 is 0 Å². The molecule has 0 unspecified atom stereocenters. The Morgan fingerprint density at radius 2 is 1.78 bits per heavy atom. The third-order valence-corrected chi connectivity index (χ3v) is 6.49. The number of rotatable bonds is 4. The van der Waals surface area contributed by atoms with Crippen LogP contribution in [0, 0.1) is 25.7 Å². The van der Waals surface area contributed by atoms with Crippen LogP contribution in [0.5, 0.6) is 0 Å². The fourth-order valence-corrected chi connectivity index (χ4v) is 4.56. The van der Waals surface area contributed by atoms with E-state index < -0.39 is 10.0 Å². The van der Waals surface area contributed by atoms with Crippen molar-refractivity contribution in [3.05, 3.63) is 47.3 Å². The lowest BCUT2D eigenvalue weighted by Gasteiger charge is -2.36. The molecule has 1 saturated heterocycles. The van der Waals surface area contributed by atoms with Gasteiger partial charge in [-0.3, -0.25) is 0 Å². The quantitative estimate of drug-likeness (QED) is 0.596. The van der Waals surface area contributed by atoms with Crippen molar-refractivity contribution in [3.63, 3.8) is 0 Å². The van der Waals surface area contributed by atoms with Crippen molar-refractivity contribution in [2.24, 2.45) is 0 Å². The number of fused-ring (bicyclic) bond motifs is 1. The highest BCUT2D eigenvalue weighted by Crippen LogP contribution is 2.32. The molecule has 2 aromatic heterocycles. The van der Waals surface area contributed by atoms with E-state index in [4.69, 9.17) is 0 Å². The Bertz CT molecular complexity index is 1290. The lowest BCUT2D eigenvalue weighted by Crippen LogP contribution is -2.45. The molecule has 0 amide bonds. The summed E-state index contributed by atoms with van der Waals surface area (Å²) in [5.41, 5.74) is 7.60. The number of H-pyrrole nitrogens is 1. The number of aryl methyl sites for hydroxylation is 2. The first-order chi connectivity index (χ1) is 15.2. The molecule has 32 heavy (non-hydrogen) atoms. The number of likely N-dealkylation sites (N-methyl/N-ethyl adjacent to an activating group) is 1. The van der Waals surface area contributed by atoms with Gasteiger partial charge in [-0.1, -0.05) is 11.8 Å². The van der Waals surface area contributed by atoms with Crippen molar-refractivity contribution >= 4 is 26.7 Å². The molecule has 2 N–H and O–H groups in total. The van der Waals surface area contributed by atoms with Crippen LogP contribution in [-0.2, 0) is 10.0 Å². The number of aromatic amines is 1. The maximum Gasteiger partial charge on any atom is 0.209 e. The van der Waals surface area contributed by atoms with Crippen molar-refractivity contribution in [1.82, 2.24) is 19.6 Å². The Hall–Kier alpha value is -2.86. The number of benzene rings is 1. The van der Waals surface area contributed by atoms with E-state index in [-0.39, 0.29) is 6.54 Å². The zero-order valence-corrected chi connectivity index (χ0v) is 19.8. The van der Waals surface area contributed by atoms with Crippen molar-refractivity contribution in [3.8, 4) is 23.0 Å². The van der Waals surface area contributed by atoms with Crippen LogP contribution in [0.4, 0.5) is 5.69 Å². The standard InChI is InChI=1S/C24H29N5O2S/c1-17-12-20(13-18(2)23(17)29-10-8-28(3)9-11-29)21-14-22-19(15-25-24(22)26-16-21)6-5-7-27-32(4,30)31/h12-16,27H,7-11H2,1-4H3,(H,25,26). The lowest BCUT2D eigenvalue weighted by molar-refractivity contribution is 0.312. The molecule has 0 bridgehead atoms. The zero-order chi connectivity index (χ0) is 22.9.